The van der Waals surface area contributed by atoms with E-state index in [-0.39, 0.29) is 17.3 Å². The lowest BCUT2D eigenvalue weighted by atomic mass is 10.1. The molecule has 1 N–H and O–H groups in total. The molecule has 5 rings (SSSR count). The Labute approximate surface area is 223 Å². The van der Waals surface area contributed by atoms with Gasteiger partial charge in [0.25, 0.3) is 0 Å². The van der Waals surface area contributed by atoms with E-state index in [1.165, 1.54) is 0 Å². The summed E-state index contributed by atoms with van der Waals surface area (Å²) in [6, 6.07) is 6.49. The van der Waals surface area contributed by atoms with Gasteiger partial charge < -0.3 is 15.1 Å². The Morgan fingerprint density at radius 2 is 1.68 bits per heavy atom. The number of sulfone groups is 1. The number of aromatic nitrogens is 4. The quantitative estimate of drug-likeness (QED) is 0.383. The number of nitrogens with zero attached hydrogens (tertiary/aromatic N) is 6. The highest BCUT2D eigenvalue weighted by Gasteiger charge is 2.25. The summed E-state index contributed by atoms with van der Waals surface area (Å²) >= 11 is 12.6. The first-order valence-electron chi connectivity index (χ1n) is 11.4. The summed E-state index contributed by atoms with van der Waals surface area (Å²) in [7, 11) is -3.32. The van der Waals surface area contributed by atoms with Crippen molar-refractivity contribution < 1.29 is 13.2 Å². The van der Waals surface area contributed by atoms with Gasteiger partial charge in [-0.1, -0.05) is 35.3 Å². The molecule has 13 heteroatoms. The van der Waals surface area contributed by atoms with Gasteiger partial charge in [-0.2, -0.15) is 0 Å². The first kappa shape index (κ1) is 25.2. The highest BCUT2D eigenvalue weighted by atomic mass is 35.5. The second kappa shape index (κ2) is 10.2. The summed E-state index contributed by atoms with van der Waals surface area (Å²) in [6.07, 6.45) is 9.29. The zero-order chi connectivity index (χ0) is 26.2. The Balaban J connectivity index is 1.31. The van der Waals surface area contributed by atoms with E-state index in [1.54, 1.807) is 60.1 Å². The molecule has 0 unspecified atom stereocenters. The molecule has 1 aliphatic heterocycles. The molecule has 1 fully saturated rings. The molecule has 4 heterocycles. The molecule has 1 saturated heterocycles. The van der Waals surface area contributed by atoms with Crippen LogP contribution < -0.4 is 10.2 Å². The molecule has 0 spiro atoms. The van der Waals surface area contributed by atoms with E-state index < -0.39 is 9.84 Å². The molecule has 10 nitrogen and oxygen atoms in total. The Morgan fingerprint density at radius 3 is 2.32 bits per heavy atom. The Bertz CT molecular complexity index is 1550. The summed E-state index contributed by atoms with van der Waals surface area (Å²) in [5.41, 5.74) is 2.63. The zero-order valence-electron chi connectivity index (χ0n) is 19.8. The van der Waals surface area contributed by atoms with Crippen LogP contribution in [0.1, 0.15) is 0 Å². The molecular weight excluding hydrogens is 537 g/mol. The van der Waals surface area contributed by atoms with Crippen molar-refractivity contribution >= 4 is 56.1 Å². The molecule has 0 atom stereocenters. The van der Waals surface area contributed by atoms with Crippen LogP contribution in [0.3, 0.4) is 0 Å². The number of benzene rings is 1. The van der Waals surface area contributed by atoms with E-state index in [0.717, 1.165) is 11.9 Å². The van der Waals surface area contributed by atoms with Crippen molar-refractivity contribution in [1.82, 2.24) is 24.3 Å². The normalized spacial score (nSPS) is 14.2. The standard InChI is InChI=1S/C24H23Cl2N7O3S/c1-37(35,36)17-4-2-16(3-5-17)22-24(33-7-6-27-14-20(33)30-22)29-15-21(34)31-8-10-32(11-9-31)23-18(25)12-28-13-19(23)26/h2-7,12-14,29H,8-11,15H2,1H3. The van der Waals surface area contributed by atoms with E-state index in [2.05, 4.69) is 25.2 Å². The van der Waals surface area contributed by atoms with E-state index in [4.69, 9.17) is 23.2 Å². The van der Waals surface area contributed by atoms with Crippen LogP contribution in [0.15, 0.2) is 60.1 Å². The number of carbonyl (C=O) groups is 1. The number of hydrogen-bond donors (Lipinski definition) is 1. The number of halogens is 2. The number of piperazine rings is 1. The number of carbonyl (C=O) groups excluding carboxylic acids is 1. The van der Waals surface area contributed by atoms with Crippen molar-refractivity contribution in [2.75, 3.05) is 49.2 Å². The fourth-order valence-corrected chi connectivity index (χ4v) is 5.53. The predicted molar refractivity (Wildman–Crippen MR) is 143 cm³/mol. The van der Waals surface area contributed by atoms with Gasteiger partial charge in [-0.25, -0.2) is 13.4 Å². The smallest absolute Gasteiger partial charge is 0.242 e. The first-order chi connectivity index (χ1) is 17.7. The van der Waals surface area contributed by atoms with Crippen LogP contribution in [0.2, 0.25) is 10.0 Å². The lowest BCUT2D eigenvalue weighted by Crippen LogP contribution is -2.50. The van der Waals surface area contributed by atoms with Crippen molar-refractivity contribution in [2.24, 2.45) is 0 Å². The van der Waals surface area contributed by atoms with Gasteiger partial charge in [-0.3, -0.25) is 19.2 Å². The first-order valence-corrected chi connectivity index (χ1v) is 14.1. The number of hydrogen-bond acceptors (Lipinski definition) is 8. The molecule has 192 valence electrons. The third-order valence-electron chi connectivity index (χ3n) is 6.17. The molecule has 0 bridgehead atoms. The molecule has 1 aliphatic rings. The minimum atomic E-state index is -3.32. The average Bonchev–Trinajstić information content (AvgIpc) is 3.26. The minimum absolute atomic E-state index is 0.0569. The molecule has 3 aromatic heterocycles. The number of anilines is 2. The molecule has 0 saturated carbocycles. The number of amides is 1. The summed E-state index contributed by atoms with van der Waals surface area (Å²) < 4.78 is 25.5. The average molecular weight is 560 g/mol. The van der Waals surface area contributed by atoms with Crippen LogP contribution in [-0.4, -0.2) is 77.6 Å². The van der Waals surface area contributed by atoms with E-state index in [9.17, 15) is 13.2 Å². The maximum absolute atomic E-state index is 13.1. The highest BCUT2D eigenvalue weighted by molar-refractivity contribution is 7.90. The Kier molecular flexibility index (Phi) is 6.93. The molecule has 0 aliphatic carbocycles. The molecule has 1 amide bonds. The van der Waals surface area contributed by atoms with Crippen LogP contribution in [0.5, 0.6) is 0 Å². The molecule has 1 aromatic carbocycles. The minimum Gasteiger partial charge on any atom is -0.365 e. The Morgan fingerprint density at radius 1 is 1.00 bits per heavy atom. The van der Waals surface area contributed by atoms with Gasteiger partial charge in [0, 0.05) is 62.8 Å². The largest absolute Gasteiger partial charge is 0.365 e. The van der Waals surface area contributed by atoms with E-state index in [0.29, 0.717) is 58.9 Å². The lowest BCUT2D eigenvalue weighted by molar-refractivity contribution is -0.129. The van der Waals surface area contributed by atoms with Gasteiger partial charge in [0.15, 0.2) is 15.5 Å². The lowest BCUT2D eigenvalue weighted by Gasteiger charge is -2.36. The van der Waals surface area contributed by atoms with Crippen LogP contribution >= 0.6 is 23.2 Å². The third-order valence-corrected chi connectivity index (χ3v) is 7.85. The molecule has 0 radical (unpaired) electrons. The highest BCUT2D eigenvalue weighted by Crippen LogP contribution is 2.33. The maximum atomic E-state index is 13.1. The van der Waals surface area contributed by atoms with Crippen molar-refractivity contribution in [3.8, 4) is 11.3 Å². The fourth-order valence-electron chi connectivity index (χ4n) is 4.29. The molecule has 4 aromatic rings. The van der Waals surface area contributed by atoms with Crippen molar-refractivity contribution in [1.29, 1.82) is 0 Å². The number of fused-ring (bicyclic) bond motifs is 1. The number of rotatable bonds is 6. The topological polar surface area (TPSA) is 113 Å². The van der Waals surface area contributed by atoms with Crippen LogP contribution in [-0.2, 0) is 14.6 Å². The monoisotopic (exact) mass is 559 g/mol. The van der Waals surface area contributed by atoms with E-state index >= 15 is 0 Å². The second-order valence-electron chi connectivity index (χ2n) is 8.58. The summed E-state index contributed by atoms with van der Waals surface area (Å²) in [5, 5.41) is 4.20. The maximum Gasteiger partial charge on any atom is 0.242 e. The van der Waals surface area contributed by atoms with Crippen molar-refractivity contribution in [3.05, 3.63) is 65.3 Å². The van der Waals surface area contributed by atoms with Gasteiger partial charge in [-0.05, 0) is 12.1 Å². The number of pyridine rings is 1. The van der Waals surface area contributed by atoms with E-state index in [1.807, 2.05) is 4.40 Å². The molecular formula is C24H23Cl2N7O3S. The summed E-state index contributed by atoms with van der Waals surface area (Å²) in [6.45, 7) is 2.28. The number of nitrogens with one attached hydrogen (secondary N) is 1. The van der Waals surface area contributed by atoms with Gasteiger partial charge >= 0.3 is 0 Å². The van der Waals surface area contributed by atoms with Crippen molar-refractivity contribution in [2.45, 2.75) is 4.90 Å². The molecule has 37 heavy (non-hydrogen) atoms. The third kappa shape index (κ3) is 5.20. The van der Waals surface area contributed by atoms with Crippen molar-refractivity contribution in [3.63, 3.8) is 0 Å². The van der Waals surface area contributed by atoms with Gasteiger partial charge in [0.05, 0.1) is 33.4 Å². The van der Waals surface area contributed by atoms with Crippen LogP contribution in [0, 0.1) is 0 Å². The Hall–Kier alpha value is -3.41. The second-order valence-corrected chi connectivity index (χ2v) is 11.4. The SMILES string of the molecule is CS(=O)(=O)c1ccc(-c2nc3cnccn3c2NCC(=O)N2CCN(c3c(Cl)cncc3Cl)CC2)cc1. The van der Waals surface area contributed by atoms with Crippen LogP contribution in [0.4, 0.5) is 11.5 Å². The summed E-state index contributed by atoms with van der Waals surface area (Å²) in [4.78, 5) is 29.9. The van der Waals surface area contributed by atoms with Gasteiger partial charge in [0.2, 0.25) is 5.91 Å². The number of imidazole rings is 1. The summed E-state index contributed by atoms with van der Waals surface area (Å²) in [5.74, 6) is 0.556. The van der Waals surface area contributed by atoms with Gasteiger partial charge in [-0.15, -0.1) is 0 Å². The van der Waals surface area contributed by atoms with Crippen LogP contribution in [0.25, 0.3) is 16.9 Å². The zero-order valence-corrected chi connectivity index (χ0v) is 22.1. The predicted octanol–water partition coefficient (Wildman–Crippen LogP) is 3.26. The van der Waals surface area contributed by atoms with Gasteiger partial charge in [0.1, 0.15) is 11.5 Å². The fraction of sp³-hybridized carbons (Fsp3) is 0.250.